The van der Waals surface area contributed by atoms with Crippen LogP contribution in [-0.4, -0.2) is 31.0 Å². The summed E-state index contributed by atoms with van der Waals surface area (Å²) in [5.41, 5.74) is 1.67. The van der Waals surface area contributed by atoms with Gasteiger partial charge in [-0.15, -0.1) is 6.42 Å². The number of carbonyl (C=O) groups excluding carboxylic acids is 1. The minimum Gasteiger partial charge on any atom is -0.497 e. The van der Waals surface area contributed by atoms with Crippen LogP contribution in [0.2, 0.25) is 0 Å². The fourth-order valence-electron chi connectivity index (χ4n) is 2.40. The second-order valence-electron chi connectivity index (χ2n) is 4.52. The second kappa shape index (κ2) is 4.36. The maximum atomic E-state index is 12.2. The third kappa shape index (κ3) is 1.84. The molecular weight excluding hydrogens is 242 g/mol. The van der Waals surface area contributed by atoms with E-state index in [4.69, 9.17) is 15.9 Å². The summed E-state index contributed by atoms with van der Waals surface area (Å²) in [6.45, 7) is 0.776. The number of terminal acetylenes is 1. The monoisotopic (exact) mass is 255 g/mol. The van der Waals surface area contributed by atoms with E-state index in [0.717, 1.165) is 22.8 Å². The van der Waals surface area contributed by atoms with Crippen LogP contribution in [0.5, 0.6) is 11.5 Å². The van der Waals surface area contributed by atoms with E-state index < -0.39 is 0 Å². The number of methoxy groups -OCH3 is 1. The second-order valence-corrected chi connectivity index (χ2v) is 4.52. The van der Waals surface area contributed by atoms with Gasteiger partial charge < -0.3 is 14.4 Å². The van der Waals surface area contributed by atoms with Crippen molar-refractivity contribution < 1.29 is 14.3 Å². The molecule has 0 spiro atoms. The Bertz CT molecular complexity index is 625. The van der Waals surface area contributed by atoms with Crippen LogP contribution in [0.4, 0.5) is 0 Å². The van der Waals surface area contributed by atoms with Crippen molar-refractivity contribution in [3.05, 3.63) is 35.1 Å². The first kappa shape index (κ1) is 11.7. The van der Waals surface area contributed by atoms with Crippen LogP contribution in [0.1, 0.15) is 5.56 Å². The standard InChI is InChI=1S/C15H13NO3/c1-3-6-16-9-14-12(15(16)17)8-10-7-11(18-2)4-5-13(10)19-14/h1,4-5,7H,6,8-9H2,2H3. The molecule has 1 aromatic rings. The Morgan fingerprint density at radius 2 is 2.37 bits per heavy atom. The van der Waals surface area contributed by atoms with E-state index in [0.29, 0.717) is 25.1 Å². The molecule has 0 radical (unpaired) electrons. The van der Waals surface area contributed by atoms with E-state index in [2.05, 4.69) is 5.92 Å². The van der Waals surface area contributed by atoms with Crippen molar-refractivity contribution in [1.82, 2.24) is 4.90 Å². The molecule has 0 saturated carbocycles. The summed E-state index contributed by atoms with van der Waals surface area (Å²) >= 11 is 0. The first-order valence-corrected chi connectivity index (χ1v) is 6.02. The number of rotatable bonds is 2. The van der Waals surface area contributed by atoms with Crippen molar-refractivity contribution in [3.8, 4) is 23.8 Å². The molecule has 96 valence electrons. The lowest BCUT2D eigenvalue weighted by atomic mass is 10.0. The summed E-state index contributed by atoms with van der Waals surface area (Å²) in [7, 11) is 1.62. The summed E-state index contributed by atoms with van der Waals surface area (Å²) in [4.78, 5) is 13.8. The largest absolute Gasteiger partial charge is 0.497 e. The highest BCUT2D eigenvalue weighted by molar-refractivity contribution is 5.97. The van der Waals surface area contributed by atoms with Crippen LogP contribution in [-0.2, 0) is 11.2 Å². The molecule has 1 amide bonds. The number of carbonyl (C=O) groups is 1. The van der Waals surface area contributed by atoms with E-state index in [1.54, 1.807) is 12.0 Å². The summed E-state index contributed by atoms with van der Waals surface area (Å²) in [6, 6.07) is 5.61. The lowest BCUT2D eigenvalue weighted by Gasteiger charge is -2.18. The molecule has 0 bridgehead atoms. The van der Waals surface area contributed by atoms with E-state index in [9.17, 15) is 4.79 Å². The highest BCUT2D eigenvalue weighted by Gasteiger charge is 2.34. The molecule has 0 atom stereocenters. The van der Waals surface area contributed by atoms with Gasteiger partial charge in [-0.2, -0.15) is 0 Å². The Kier molecular flexibility index (Phi) is 2.68. The number of ether oxygens (including phenoxy) is 2. The molecule has 0 saturated heterocycles. The third-order valence-corrected chi connectivity index (χ3v) is 3.37. The van der Waals surface area contributed by atoms with Gasteiger partial charge in [0.15, 0.2) is 0 Å². The van der Waals surface area contributed by atoms with Gasteiger partial charge in [0.1, 0.15) is 17.3 Å². The summed E-state index contributed by atoms with van der Waals surface area (Å²) in [5.74, 6) is 4.73. The lowest BCUT2D eigenvalue weighted by molar-refractivity contribution is -0.125. The average molecular weight is 255 g/mol. The summed E-state index contributed by atoms with van der Waals surface area (Å²) in [5, 5.41) is 0. The van der Waals surface area contributed by atoms with Gasteiger partial charge in [-0.3, -0.25) is 4.79 Å². The van der Waals surface area contributed by atoms with Crippen molar-refractivity contribution >= 4 is 5.91 Å². The number of benzene rings is 1. The molecule has 2 aliphatic heterocycles. The maximum absolute atomic E-state index is 12.2. The van der Waals surface area contributed by atoms with Crippen LogP contribution in [0, 0.1) is 12.3 Å². The summed E-state index contributed by atoms with van der Waals surface area (Å²) in [6.07, 6.45) is 5.83. The minimum absolute atomic E-state index is 0.0265. The Morgan fingerprint density at radius 1 is 1.53 bits per heavy atom. The number of hydrogen-bond acceptors (Lipinski definition) is 3. The normalized spacial score (nSPS) is 16.6. The fourth-order valence-corrected chi connectivity index (χ4v) is 2.40. The Morgan fingerprint density at radius 3 is 3.11 bits per heavy atom. The first-order chi connectivity index (χ1) is 9.22. The number of hydrogen-bond donors (Lipinski definition) is 0. The minimum atomic E-state index is -0.0265. The van der Waals surface area contributed by atoms with E-state index in [-0.39, 0.29) is 5.91 Å². The molecule has 0 fully saturated rings. The van der Waals surface area contributed by atoms with Crippen LogP contribution >= 0.6 is 0 Å². The molecule has 0 aliphatic carbocycles. The van der Waals surface area contributed by atoms with Crippen LogP contribution in [0.3, 0.4) is 0 Å². The van der Waals surface area contributed by atoms with Crippen molar-refractivity contribution in [3.63, 3.8) is 0 Å². The molecule has 3 rings (SSSR count). The molecule has 19 heavy (non-hydrogen) atoms. The highest BCUT2D eigenvalue weighted by atomic mass is 16.5. The molecule has 0 unspecified atom stereocenters. The van der Waals surface area contributed by atoms with Gasteiger partial charge in [0.2, 0.25) is 0 Å². The van der Waals surface area contributed by atoms with E-state index in [1.807, 2.05) is 18.2 Å². The molecule has 4 heteroatoms. The van der Waals surface area contributed by atoms with Crippen molar-refractivity contribution in [2.45, 2.75) is 6.42 Å². The van der Waals surface area contributed by atoms with Gasteiger partial charge in [-0.1, -0.05) is 5.92 Å². The van der Waals surface area contributed by atoms with Gasteiger partial charge in [-0.05, 0) is 18.2 Å². The molecule has 1 aromatic carbocycles. The Balaban J connectivity index is 1.90. The zero-order chi connectivity index (χ0) is 13.4. The molecule has 2 heterocycles. The highest BCUT2D eigenvalue weighted by Crippen LogP contribution is 2.36. The Labute approximate surface area is 111 Å². The number of amides is 1. The average Bonchev–Trinajstić information content (AvgIpc) is 2.73. The zero-order valence-electron chi connectivity index (χ0n) is 10.6. The maximum Gasteiger partial charge on any atom is 0.254 e. The predicted molar refractivity (Wildman–Crippen MR) is 69.8 cm³/mol. The van der Waals surface area contributed by atoms with Crippen LogP contribution < -0.4 is 9.47 Å². The molecule has 0 aromatic heterocycles. The quantitative estimate of drug-likeness (QED) is 0.749. The molecule has 2 aliphatic rings. The van der Waals surface area contributed by atoms with Crippen LogP contribution in [0.15, 0.2) is 29.5 Å². The van der Waals surface area contributed by atoms with E-state index >= 15 is 0 Å². The zero-order valence-corrected chi connectivity index (χ0v) is 10.6. The predicted octanol–water partition coefficient (Wildman–Crippen LogP) is 1.36. The van der Waals surface area contributed by atoms with Crippen molar-refractivity contribution in [2.75, 3.05) is 20.2 Å². The SMILES string of the molecule is C#CCN1CC2=C(Cc3cc(OC)ccc3O2)C1=O. The van der Waals surface area contributed by atoms with Gasteiger partial charge in [0.05, 0.1) is 25.8 Å². The molecular formula is C15H13NO3. The Hall–Kier alpha value is -2.41. The van der Waals surface area contributed by atoms with Gasteiger partial charge in [0.25, 0.3) is 5.91 Å². The van der Waals surface area contributed by atoms with Gasteiger partial charge >= 0.3 is 0 Å². The molecule has 4 nitrogen and oxygen atoms in total. The van der Waals surface area contributed by atoms with Gasteiger partial charge in [0, 0.05) is 12.0 Å². The third-order valence-electron chi connectivity index (χ3n) is 3.37. The lowest BCUT2D eigenvalue weighted by Crippen LogP contribution is -2.27. The molecule has 0 N–H and O–H groups in total. The smallest absolute Gasteiger partial charge is 0.254 e. The van der Waals surface area contributed by atoms with Crippen molar-refractivity contribution in [2.24, 2.45) is 0 Å². The number of fused-ring (bicyclic) bond motifs is 1. The first-order valence-electron chi connectivity index (χ1n) is 6.02. The number of nitrogens with zero attached hydrogens (tertiary/aromatic N) is 1. The van der Waals surface area contributed by atoms with E-state index in [1.165, 1.54) is 0 Å². The van der Waals surface area contributed by atoms with Crippen molar-refractivity contribution in [1.29, 1.82) is 0 Å². The van der Waals surface area contributed by atoms with Gasteiger partial charge in [-0.25, -0.2) is 0 Å². The summed E-state index contributed by atoms with van der Waals surface area (Å²) < 4.78 is 11.0. The topological polar surface area (TPSA) is 38.8 Å². The fraction of sp³-hybridized carbons (Fsp3) is 0.267. The van der Waals surface area contributed by atoms with Crippen LogP contribution in [0.25, 0.3) is 0 Å².